The van der Waals surface area contributed by atoms with E-state index in [9.17, 15) is 4.79 Å². The first-order chi connectivity index (χ1) is 16.7. The van der Waals surface area contributed by atoms with Gasteiger partial charge in [-0.15, -0.1) is 0 Å². The van der Waals surface area contributed by atoms with Crippen LogP contribution in [0.2, 0.25) is 0 Å². The van der Waals surface area contributed by atoms with Crippen LogP contribution in [0.25, 0.3) is 0 Å². The monoisotopic (exact) mass is 453 g/mol. The lowest BCUT2D eigenvalue weighted by molar-refractivity contribution is -0.0166. The minimum atomic E-state index is -0.0170. The van der Waals surface area contributed by atoms with Crippen LogP contribution in [0.5, 0.6) is 0 Å². The predicted octanol–water partition coefficient (Wildman–Crippen LogP) is 5.12. The van der Waals surface area contributed by atoms with Gasteiger partial charge in [-0.05, 0) is 79.9 Å². The SMILES string of the molecule is O=C(NC12CC3CC(CC(C3)C1)C2)c1cnn2c1NC(c1ccccc1)CC2c1cccnc1. The summed E-state index contributed by atoms with van der Waals surface area (Å²) >= 11 is 0. The van der Waals surface area contributed by atoms with E-state index in [0.717, 1.165) is 54.8 Å². The summed E-state index contributed by atoms with van der Waals surface area (Å²) in [5.74, 6) is 3.22. The van der Waals surface area contributed by atoms with Gasteiger partial charge < -0.3 is 10.6 Å². The lowest BCUT2D eigenvalue weighted by Gasteiger charge is -2.56. The van der Waals surface area contributed by atoms with E-state index < -0.39 is 0 Å². The Bertz CT molecular complexity index is 1170. The van der Waals surface area contributed by atoms with Crippen LogP contribution in [0.1, 0.15) is 78.5 Å². The average molecular weight is 454 g/mol. The molecular weight excluding hydrogens is 422 g/mol. The number of nitrogens with zero attached hydrogens (tertiary/aromatic N) is 3. The number of fused-ring (bicyclic) bond motifs is 1. The van der Waals surface area contributed by atoms with Crippen molar-refractivity contribution in [3.05, 3.63) is 77.7 Å². The van der Waals surface area contributed by atoms with Gasteiger partial charge in [0.25, 0.3) is 5.91 Å². The lowest BCUT2D eigenvalue weighted by atomic mass is 9.53. The number of carbonyl (C=O) groups is 1. The average Bonchev–Trinajstić information content (AvgIpc) is 3.28. The van der Waals surface area contributed by atoms with Crippen LogP contribution >= 0.6 is 0 Å². The van der Waals surface area contributed by atoms with Crippen LogP contribution in [0.15, 0.2) is 61.1 Å². The number of carbonyl (C=O) groups excluding carboxylic acids is 1. The highest BCUT2D eigenvalue weighted by atomic mass is 16.1. The fourth-order valence-electron chi connectivity index (χ4n) is 7.78. The predicted molar refractivity (Wildman–Crippen MR) is 130 cm³/mol. The van der Waals surface area contributed by atoms with E-state index in [1.165, 1.54) is 24.8 Å². The molecule has 1 amide bonds. The summed E-state index contributed by atoms with van der Waals surface area (Å²) in [7, 11) is 0. The van der Waals surface area contributed by atoms with Gasteiger partial charge >= 0.3 is 0 Å². The van der Waals surface area contributed by atoms with Gasteiger partial charge in [-0.2, -0.15) is 5.10 Å². The van der Waals surface area contributed by atoms with Gasteiger partial charge in [0, 0.05) is 17.9 Å². The summed E-state index contributed by atoms with van der Waals surface area (Å²) < 4.78 is 1.99. The first-order valence-corrected chi connectivity index (χ1v) is 12.8. The molecule has 6 heteroatoms. The summed E-state index contributed by atoms with van der Waals surface area (Å²) in [5.41, 5.74) is 2.97. The molecule has 2 N–H and O–H groups in total. The van der Waals surface area contributed by atoms with Crippen LogP contribution in [0.4, 0.5) is 5.82 Å². The van der Waals surface area contributed by atoms with Crippen molar-refractivity contribution in [1.29, 1.82) is 0 Å². The Balaban J connectivity index is 1.23. The second-order valence-corrected chi connectivity index (χ2v) is 11.1. The Hall–Kier alpha value is -3.15. The summed E-state index contributed by atoms with van der Waals surface area (Å²) in [6.45, 7) is 0. The Morgan fingerprint density at radius 1 is 0.912 bits per heavy atom. The molecule has 1 aromatic carbocycles. The van der Waals surface area contributed by atoms with E-state index in [0.29, 0.717) is 5.56 Å². The fourth-order valence-corrected chi connectivity index (χ4v) is 7.78. The molecule has 0 radical (unpaired) electrons. The van der Waals surface area contributed by atoms with Gasteiger partial charge in [-0.1, -0.05) is 36.4 Å². The van der Waals surface area contributed by atoms with Gasteiger partial charge in [0.05, 0.1) is 18.3 Å². The molecule has 3 heterocycles. The molecule has 4 saturated carbocycles. The Labute approximate surface area is 200 Å². The van der Waals surface area contributed by atoms with Crippen molar-refractivity contribution >= 4 is 11.7 Å². The van der Waals surface area contributed by atoms with E-state index in [2.05, 4.69) is 45.9 Å². The minimum Gasteiger partial charge on any atom is -0.363 e. The fraction of sp³-hybridized carbons (Fsp3) is 0.464. The largest absolute Gasteiger partial charge is 0.363 e. The number of hydrogen-bond donors (Lipinski definition) is 2. The molecule has 174 valence electrons. The molecule has 2 atom stereocenters. The molecule has 34 heavy (non-hydrogen) atoms. The number of amides is 1. The highest BCUT2D eigenvalue weighted by molar-refractivity contribution is 5.99. The lowest BCUT2D eigenvalue weighted by Crippen LogP contribution is -2.59. The molecule has 1 aliphatic heterocycles. The van der Waals surface area contributed by atoms with Crippen molar-refractivity contribution in [3.63, 3.8) is 0 Å². The third-order valence-electron chi connectivity index (χ3n) is 8.79. The van der Waals surface area contributed by atoms with Crippen LogP contribution in [0.3, 0.4) is 0 Å². The zero-order valence-corrected chi connectivity index (χ0v) is 19.4. The van der Waals surface area contributed by atoms with Gasteiger partial charge in [0.1, 0.15) is 11.4 Å². The van der Waals surface area contributed by atoms with Gasteiger partial charge in [0.2, 0.25) is 0 Å². The first-order valence-electron chi connectivity index (χ1n) is 12.8. The standard InChI is InChI=1S/C28H31N5O/c34-27(32-28-13-18-9-19(14-28)11-20(10-18)15-28)23-17-30-33-25(22-7-4-8-29-16-22)12-24(31-26(23)33)21-5-2-1-3-6-21/h1-8,16-20,24-25,31H,9-15H2,(H,32,34). The van der Waals surface area contributed by atoms with Crippen molar-refractivity contribution in [2.24, 2.45) is 17.8 Å². The molecule has 4 aliphatic carbocycles. The normalized spacial score (nSPS) is 33.2. The second-order valence-electron chi connectivity index (χ2n) is 11.1. The van der Waals surface area contributed by atoms with Crippen molar-refractivity contribution in [2.75, 3.05) is 5.32 Å². The van der Waals surface area contributed by atoms with Crippen LogP contribution in [-0.2, 0) is 0 Å². The van der Waals surface area contributed by atoms with Gasteiger partial charge in [-0.3, -0.25) is 9.78 Å². The number of rotatable bonds is 4. The van der Waals surface area contributed by atoms with E-state index in [1.54, 1.807) is 12.4 Å². The van der Waals surface area contributed by atoms with Crippen LogP contribution in [0, 0.1) is 17.8 Å². The van der Waals surface area contributed by atoms with E-state index in [1.807, 2.05) is 23.0 Å². The Morgan fingerprint density at radius 3 is 2.29 bits per heavy atom. The number of pyridine rings is 1. The van der Waals surface area contributed by atoms with Crippen LogP contribution < -0.4 is 10.6 Å². The quantitative estimate of drug-likeness (QED) is 0.575. The Kier molecular flexibility index (Phi) is 4.58. The van der Waals surface area contributed by atoms with Crippen molar-refractivity contribution in [1.82, 2.24) is 20.1 Å². The number of nitrogens with one attached hydrogen (secondary N) is 2. The highest BCUT2D eigenvalue weighted by Crippen LogP contribution is 2.55. The molecule has 0 saturated heterocycles. The molecule has 3 aromatic rings. The zero-order valence-electron chi connectivity index (χ0n) is 19.4. The molecule has 8 rings (SSSR count). The molecule has 0 spiro atoms. The maximum absolute atomic E-state index is 13.7. The molecule has 4 bridgehead atoms. The molecule has 2 aromatic heterocycles. The summed E-state index contributed by atoms with van der Waals surface area (Å²) in [6, 6.07) is 14.7. The van der Waals surface area contributed by atoms with Gasteiger partial charge in [0.15, 0.2) is 0 Å². The molecule has 4 fully saturated rings. The maximum Gasteiger partial charge on any atom is 0.257 e. The summed E-state index contributed by atoms with van der Waals surface area (Å²) in [4.78, 5) is 18.1. The molecule has 6 nitrogen and oxygen atoms in total. The molecule has 2 unspecified atom stereocenters. The van der Waals surface area contributed by atoms with E-state index >= 15 is 0 Å². The second kappa shape index (κ2) is 7.69. The number of aromatic nitrogens is 3. The van der Waals surface area contributed by atoms with Crippen molar-refractivity contribution < 1.29 is 4.79 Å². The third kappa shape index (κ3) is 3.34. The van der Waals surface area contributed by atoms with E-state index in [-0.39, 0.29) is 23.5 Å². The number of hydrogen-bond acceptors (Lipinski definition) is 4. The van der Waals surface area contributed by atoms with E-state index in [4.69, 9.17) is 5.10 Å². The maximum atomic E-state index is 13.7. The van der Waals surface area contributed by atoms with Crippen molar-refractivity contribution in [3.8, 4) is 0 Å². The highest BCUT2D eigenvalue weighted by Gasteiger charge is 2.51. The molecule has 5 aliphatic rings. The smallest absolute Gasteiger partial charge is 0.257 e. The van der Waals surface area contributed by atoms with Crippen molar-refractivity contribution in [2.45, 2.75) is 62.6 Å². The van der Waals surface area contributed by atoms with Crippen LogP contribution in [-0.4, -0.2) is 26.2 Å². The first kappa shape index (κ1) is 20.2. The third-order valence-corrected chi connectivity index (χ3v) is 8.79. The minimum absolute atomic E-state index is 0.0170. The summed E-state index contributed by atoms with van der Waals surface area (Å²) in [5, 5.41) is 11.9. The number of anilines is 1. The van der Waals surface area contributed by atoms with Gasteiger partial charge in [-0.25, -0.2) is 4.68 Å². The summed E-state index contributed by atoms with van der Waals surface area (Å²) in [6.07, 6.45) is 13.9. The zero-order chi connectivity index (χ0) is 22.7. The Morgan fingerprint density at radius 2 is 1.62 bits per heavy atom. The molecular formula is C28H31N5O. The topological polar surface area (TPSA) is 71.8 Å². The number of benzene rings is 1.